The highest BCUT2D eigenvalue weighted by molar-refractivity contribution is 5.96. The van der Waals surface area contributed by atoms with E-state index >= 15 is 0 Å². The van der Waals surface area contributed by atoms with Gasteiger partial charge in [0.1, 0.15) is 23.2 Å². The highest BCUT2D eigenvalue weighted by Crippen LogP contribution is 2.44. The van der Waals surface area contributed by atoms with Crippen molar-refractivity contribution in [2.75, 3.05) is 19.8 Å². The number of β-amino-alcohol motifs (C(OH)–C–C–N with tert-alkyl or cyclic N) is 1. The van der Waals surface area contributed by atoms with Crippen LogP contribution in [0.15, 0.2) is 24.8 Å². The molecular formula is C24H37N3O8. The van der Waals surface area contributed by atoms with Gasteiger partial charge >= 0.3 is 12.1 Å². The van der Waals surface area contributed by atoms with Gasteiger partial charge in [-0.2, -0.15) is 0 Å². The van der Waals surface area contributed by atoms with Crippen LogP contribution in [-0.4, -0.2) is 88.1 Å². The molecule has 1 heterocycles. The summed E-state index contributed by atoms with van der Waals surface area (Å²) in [6.07, 6.45) is 3.55. The molecule has 1 saturated carbocycles. The monoisotopic (exact) mass is 495 g/mol. The molecular weight excluding hydrogens is 458 g/mol. The molecule has 1 saturated heterocycles. The number of carbonyl (C=O) groups is 4. The molecule has 196 valence electrons. The fraction of sp³-hybridized carbons (Fsp3) is 0.667. The first-order valence-corrected chi connectivity index (χ1v) is 11.7. The molecule has 11 nitrogen and oxygen atoms in total. The van der Waals surface area contributed by atoms with Crippen LogP contribution in [0, 0.1) is 5.92 Å². The number of alkyl carbamates (subject to hydrolysis) is 1. The Labute approximate surface area is 205 Å². The molecule has 2 rings (SSSR count). The highest BCUT2D eigenvalue weighted by Gasteiger charge is 2.61. The predicted octanol–water partition coefficient (Wildman–Crippen LogP) is 0.970. The fourth-order valence-electron chi connectivity index (χ4n) is 3.98. The SMILES string of the molecule is C=CC1CC1(NC(=O)[C@@H]1C[C@@H](O)CN1C(=O)[C@H](CCOCC=CC)NC(=O)OC(C)(C)C)C(=O)O. The van der Waals surface area contributed by atoms with Crippen LogP contribution >= 0.6 is 0 Å². The Hall–Kier alpha value is -2.92. The smallest absolute Gasteiger partial charge is 0.408 e. The zero-order valence-corrected chi connectivity index (χ0v) is 20.8. The number of likely N-dealkylation sites (tertiary alicyclic amines) is 1. The summed E-state index contributed by atoms with van der Waals surface area (Å²) in [4.78, 5) is 51.8. The molecule has 1 aliphatic carbocycles. The minimum Gasteiger partial charge on any atom is -0.479 e. The first-order valence-electron chi connectivity index (χ1n) is 11.7. The van der Waals surface area contributed by atoms with Gasteiger partial charge in [0.25, 0.3) is 0 Å². The minimum atomic E-state index is -1.46. The topological polar surface area (TPSA) is 154 Å². The van der Waals surface area contributed by atoms with Crippen LogP contribution in [0.2, 0.25) is 0 Å². The van der Waals surface area contributed by atoms with Crippen LogP contribution in [0.1, 0.15) is 47.0 Å². The number of carboxylic acid groups (broad SMARTS) is 1. The lowest BCUT2D eigenvalue weighted by atomic mass is 10.1. The van der Waals surface area contributed by atoms with Gasteiger partial charge < -0.3 is 35.2 Å². The predicted molar refractivity (Wildman–Crippen MR) is 126 cm³/mol. The quantitative estimate of drug-likeness (QED) is 0.244. The number of hydrogen-bond acceptors (Lipinski definition) is 7. The lowest BCUT2D eigenvalue weighted by Crippen LogP contribution is -2.56. The van der Waals surface area contributed by atoms with Crippen molar-refractivity contribution in [2.45, 2.75) is 76.3 Å². The molecule has 3 amide bonds. The van der Waals surface area contributed by atoms with E-state index in [1.165, 1.54) is 11.0 Å². The van der Waals surface area contributed by atoms with Gasteiger partial charge in [0, 0.05) is 31.9 Å². The summed E-state index contributed by atoms with van der Waals surface area (Å²) in [6.45, 7) is 10.9. The Balaban J connectivity index is 2.16. The van der Waals surface area contributed by atoms with E-state index in [1.807, 2.05) is 13.0 Å². The molecule has 2 aliphatic rings. The van der Waals surface area contributed by atoms with Gasteiger partial charge in [-0.3, -0.25) is 9.59 Å². The zero-order chi connectivity index (χ0) is 26.4. The second kappa shape index (κ2) is 11.7. The van der Waals surface area contributed by atoms with E-state index in [4.69, 9.17) is 9.47 Å². The van der Waals surface area contributed by atoms with Crippen molar-refractivity contribution in [3.05, 3.63) is 24.8 Å². The van der Waals surface area contributed by atoms with Crippen molar-refractivity contribution in [3.63, 3.8) is 0 Å². The van der Waals surface area contributed by atoms with Crippen molar-refractivity contribution in [1.82, 2.24) is 15.5 Å². The maximum absolute atomic E-state index is 13.4. The maximum atomic E-state index is 13.4. The summed E-state index contributed by atoms with van der Waals surface area (Å²) in [5.74, 6) is -2.88. The van der Waals surface area contributed by atoms with Gasteiger partial charge in [-0.25, -0.2) is 9.59 Å². The molecule has 1 aliphatic heterocycles. The van der Waals surface area contributed by atoms with Gasteiger partial charge in [-0.05, 0) is 34.1 Å². The van der Waals surface area contributed by atoms with Crippen LogP contribution in [0.5, 0.6) is 0 Å². The number of carboxylic acids is 1. The normalized spacial score (nSPS) is 26.8. The third kappa shape index (κ3) is 7.53. The van der Waals surface area contributed by atoms with Gasteiger partial charge in [0.05, 0.1) is 12.7 Å². The zero-order valence-electron chi connectivity index (χ0n) is 20.8. The molecule has 0 aromatic rings. The molecule has 4 N–H and O–H groups in total. The lowest BCUT2D eigenvalue weighted by Gasteiger charge is -2.30. The summed E-state index contributed by atoms with van der Waals surface area (Å²) in [7, 11) is 0. The van der Waals surface area contributed by atoms with Gasteiger partial charge in [-0.1, -0.05) is 18.2 Å². The molecule has 35 heavy (non-hydrogen) atoms. The number of nitrogens with one attached hydrogen (secondary N) is 2. The Morgan fingerprint density at radius 1 is 1.29 bits per heavy atom. The molecule has 11 heteroatoms. The van der Waals surface area contributed by atoms with Crippen molar-refractivity contribution in [3.8, 4) is 0 Å². The average molecular weight is 496 g/mol. The van der Waals surface area contributed by atoms with Crippen LogP contribution in [-0.2, 0) is 23.9 Å². The van der Waals surface area contributed by atoms with Crippen LogP contribution in [0.25, 0.3) is 0 Å². The van der Waals surface area contributed by atoms with E-state index in [9.17, 15) is 29.4 Å². The molecule has 2 unspecified atom stereocenters. The Morgan fingerprint density at radius 2 is 1.97 bits per heavy atom. The Morgan fingerprint density at radius 3 is 2.51 bits per heavy atom. The molecule has 2 fully saturated rings. The number of nitrogens with zero attached hydrogens (tertiary/aromatic N) is 1. The summed E-state index contributed by atoms with van der Waals surface area (Å²) in [6, 6.07) is -2.17. The average Bonchev–Trinajstić information content (AvgIpc) is 3.34. The van der Waals surface area contributed by atoms with E-state index in [2.05, 4.69) is 17.2 Å². The molecule has 0 spiro atoms. The van der Waals surface area contributed by atoms with Gasteiger partial charge in [-0.15, -0.1) is 6.58 Å². The standard InChI is InChI=1S/C24H37N3O8/c1-6-8-10-34-11-9-17(25-22(33)35-23(3,4)5)20(30)27-14-16(28)12-18(27)19(29)26-24(21(31)32)13-15(24)7-2/h6-8,15-18,28H,2,9-14H2,1,3-5H3,(H,25,33)(H,26,29)(H,31,32)/t15?,16-,17+,18+,24?/m1/s1. The van der Waals surface area contributed by atoms with E-state index < -0.39 is 59.1 Å². The van der Waals surface area contributed by atoms with Crippen molar-refractivity contribution in [1.29, 1.82) is 0 Å². The number of hydrogen-bond donors (Lipinski definition) is 4. The molecule has 0 radical (unpaired) electrons. The second-order valence-electron chi connectivity index (χ2n) is 9.84. The Kier molecular flexibility index (Phi) is 9.45. The first-order chi connectivity index (χ1) is 16.3. The highest BCUT2D eigenvalue weighted by atomic mass is 16.6. The number of aliphatic hydroxyl groups is 1. The van der Waals surface area contributed by atoms with Crippen LogP contribution in [0.4, 0.5) is 4.79 Å². The fourth-order valence-corrected chi connectivity index (χ4v) is 3.98. The third-order valence-corrected chi connectivity index (χ3v) is 5.88. The first kappa shape index (κ1) is 28.3. The summed E-state index contributed by atoms with van der Waals surface area (Å²) in [5.41, 5.74) is -2.25. The lowest BCUT2D eigenvalue weighted by molar-refractivity contribution is -0.145. The maximum Gasteiger partial charge on any atom is 0.408 e. The van der Waals surface area contributed by atoms with E-state index in [0.717, 1.165) is 0 Å². The number of amides is 3. The van der Waals surface area contributed by atoms with Gasteiger partial charge in [0.2, 0.25) is 11.8 Å². The number of aliphatic carboxylic acids is 1. The Bertz CT molecular complexity index is 852. The largest absolute Gasteiger partial charge is 0.479 e. The molecule has 0 bridgehead atoms. The second-order valence-corrected chi connectivity index (χ2v) is 9.84. The van der Waals surface area contributed by atoms with Crippen LogP contribution < -0.4 is 10.6 Å². The third-order valence-electron chi connectivity index (χ3n) is 5.88. The van der Waals surface area contributed by atoms with Crippen molar-refractivity contribution in [2.24, 2.45) is 5.92 Å². The number of aliphatic hydroxyl groups excluding tert-OH is 1. The number of ether oxygens (including phenoxy) is 2. The van der Waals surface area contributed by atoms with E-state index in [-0.39, 0.29) is 32.4 Å². The minimum absolute atomic E-state index is 0.0526. The van der Waals surface area contributed by atoms with Gasteiger partial charge in [0.15, 0.2) is 0 Å². The molecule has 0 aromatic heterocycles. The van der Waals surface area contributed by atoms with E-state index in [0.29, 0.717) is 6.61 Å². The van der Waals surface area contributed by atoms with E-state index in [1.54, 1.807) is 26.8 Å². The summed E-state index contributed by atoms with van der Waals surface area (Å²) in [5, 5.41) is 24.9. The molecule has 0 aromatic carbocycles. The van der Waals surface area contributed by atoms with Crippen LogP contribution in [0.3, 0.4) is 0 Å². The number of carbonyl (C=O) groups excluding carboxylic acids is 3. The number of allylic oxidation sites excluding steroid dienone is 1. The van der Waals surface area contributed by atoms with Crippen molar-refractivity contribution >= 4 is 23.9 Å². The summed E-state index contributed by atoms with van der Waals surface area (Å²) < 4.78 is 10.7. The molecule has 5 atom stereocenters. The van der Waals surface area contributed by atoms with Crippen molar-refractivity contribution < 1.29 is 38.9 Å². The summed E-state index contributed by atoms with van der Waals surface area (Å²) >= 11 is 0. The number of rotatable bonds is 11.